The summed E-state index contributed by atoms with van der Waals surface area (Å²) in [5.41, 5.74) is -0.709. The second kappa shape index (κ2) is 5.96. The van der Waals surface area contributed by atoms with Crippen LogP contribution in [0, 0.1) is 17.1 Å². The van der Waals surface area contributed by atoms with Crippen LogP contribution in [-0.2, 0) is 0 Å². The van der Waals surface area contributed by atoms with E-state index < -0.39 is 17.3 Å². The van der Waals surface area contributed by atoms with Crippen molar-refractivity contribution in [1.82, 2.24) is 5.32 Å². The van der Waals surface area contributed by atoms with Gasteiger partial charge in [-0.15, -0.1) is 0 Å². The average molecular weight is 313 g/mol. The summed E-state index contributed by atoms with van der Waals surface area (Å²) in [5, 5.41) is 11.8. The second-order valence-electron chi connectivity index (χ2n) is 3.96. The number of rotatable bonds is 4. The number of nitrogens with zero attached hydrogens (tertiary/aromatic N) is 1. The van der Waals surface area contributed by atoms with Crippen molar-refractivity contribution in [2.24, 2.45) is 0 Å². The van der Waals surface area contributed by atoms with Gasteiger partial charge in [0.2, 0.25) is 0 Å². The van der Waals surface area contributed by atoms with Crippen LogP contribution in [-0.4, -0.2) is 11.4 Å². The van der Waals surface area contributed by atoms with E-state index in [1.807, 2.05) is 13.8 Å². The zero-order valence-corrected chi connectivity index (χ0v) is 11.8. The van der Waals surface area contributed by atoms with Crippen LogP contribution in [0.15, 0.2) is 22.7 Å². The molecule has 0 fully saturated rings. The Labute approximate surface area is 114 Å². The number of halogens is 2. The van der Waals surface area contributed by atoms with Crippen molar-refractivity contribution >= 4 is 21.8 Å². The number of hydrogen-bond acceptors (Lipinski definition) is 2. The van der Waals surface area contributed by atoms with Crippen LogP contribution in [0.25, 0.3) is 0 Å². The number of benzene rings is 1. The van der Waals surface area contributed by atoms with Gasteiger partial charge in [0.1, 0.15) is 11.4 Å². The molecular weight excluding hydrogens is 299 g/mol. The Morgan fingerprint density at radius 3 is 2.61 bits per heavy atom. The van der Waals surface area contributed by atoms with Gasteiger partial charge in [-0.2, -0.15) is 5.26 Å². The zero-order chi connectivity index (χ0) is 13.8. The molecule has 0 heterocycles. The van der Waals surface area contributed by atoms with Gasteiger partial charge in [-0.1, -0.05) is 19.9 Å². The Hall–Kier alpha value is -1.41. The number of carbonyl (C=O) groups is 1. The fourth-order valence-corrected chi connectivity index (χ4v) is 2.02. The van der Waals surface area contributed by atoms with Crippen LogP contribution in [0.1, 0.15) is 37.0 Å². The van der Waals surface area contributed by atoms with Crippen molar-refractivity contribution in [3.8, 4) is 6.07 Å². The third-order valence-corrected chi connectivity index (χ3v) is 3.78. The van der Waals surface area contributed by atoms with Crippen molar-refractivity contribution in [3.63, 3.8) is 0 Å². The smallest absolute Gasteiger partial charge is 0.253 e. The molecule has 0 saturated heterocycles. The quantitative estimate of drug-likeness (QED) is 0.926. The summed E-state index contributed by atoms with van der Waals surface area (Å²) in [5.74, 6) is -0.954. The fraction of sp³-hybridized carbons (Fsp3) is 0.385. The van der Waals surface area contributed by atoms with E-state index in [1.165, 1.54) is 18.2 Å². The first-order valence-electron chi connectivity index (χ1n) is 5.67. The van der Waals surface area contributed by atoms with E-state index >= 15 is 0 Å². The number of hydrogen-bond donors (Lipinski definition) is 1. The number of carbonyl (C=O) groups excluding carboxylic acids is 1. The minimum Gasteiger partial charge on any atom is -0.334 e. The Kier molecular flexibility index (Phi) is 4.85. The average Bonchev–Trinajstić information content (AvgIpc) is 2.39. The molecule has 18 heavy (non-hydrogen) atoms. The lowest BCUT2D eigenvalue weighted by atomic mass is 9.94. The van der Waals surface area contributed by atoms with Gasteiger partial charge < -0.3 is 5.32 Å². The monoisotopic (exact) mass is 312 g/mol. The van der Waals surface area contributed by atoms with Gasteiger partial charge in [-0.05, 0) is 40.9 Å². The maximum Gasteiger partial charge on any atom is 0.253 e. The fourth-order valence-electron chi connectivity index (χ4n) is 1.58. The van der Waals surface area contributed by atoms with Gasteiger partial charge in [0.25, 0.3) is 5.91 Å². The van der Waals surface area contributed by atoms with Crippen molar-refractivity contribution in [2.75, 3.05) is 0 Å². The van der Waals surface area contributed by atoms with E-state index in [2.05, 4.69) is 27.3 Å². The molecule has 1 aromatic carbocycles. The summed E-state index contributed by atoms with van der Waals surface area (Å²) >= 11 is 3.04. The first-order chi connectivity index (χ1) is 8.49. The van der Waals surface area contributed by atoms with Crippen molar-refractivity contribution < 1.29 is 9.18 Å². The van der Waals surface area contributed by atoms with Crippen LogP contribution in [0.4, 0.5) is 4.39 Å². The normalized spacial score (nSPS) is 10.8. The third kappa shape index (κ3) is 2.88. The SMILES string of the molecule is CCC(C#N)(CC)NC(=O)c1cccc(F)c1Br. The van der Waals surface area contributed by atoms with Gasteiger partial charge >= 0.3 is 0 Å². The highest BCUT2D eigenvalue weighted by Gasteiger charge is 2.29. The summed E-state index contributed by atoms with van der Waals surface area (Å²) in [4.78, 5) is 12.1. The van der Waals surface area contributed by atoms with Gasteiger partial charge in [0, 0.05) is 0 Å². The molecule has 1 amide bonds. The van der Waals surface area contributed by atoms with Gasteiger partial charge in [0.05, 0.1) is 16.1 Å². The Morgan fingerprint density at radius 1 is 1.50 bits per heavy atom. The summed E-state index contributed by atoms with van der Waals surface area (Å²) in [7, 11) is 0. The zero-order valence-electron chi connectivity index (χ0n) is 10.3. The van der Waals surface area contributed by atoms with Crippen LogP contribution in [0.5, 0.6) is 0 Å². The molecule has 0 aliphatic carbocycles. The highest BCUT2D eigenvalue weighted by molar-refractivity contribution is 9.10. The van der Waals surface area contributed by atoms with E-state index in [9.17, 15) is 9.18 Å². The molecule has 0 saturated carbocycles. The van der Waals surface area contributed by atoms with E-state index in [4.69, 9.17) is 5.26 Å². The molecule has 0 radical (unpaired) electrons. The first kappa shape index (κ1) is 14.7. The van der Waals surface area contributed by atoms with Crippen molar-refractivity contribution in [2.45, 2.75) is 32.2 Å². The third-order valence-electron chi connectivity index (χ3n) is 2.97. The second-order valence-corrected chi connectivity index (χ2v) is 4.75. The van der Waals surface area contributed by atoms with Gasteiger partial charge in [-0.25, -0.2) is 4.39 Å². The van der Waals surface area contributed by atoms with E-state index in [0.29, 0.717) is 12.8 Å². The molecule has 1 N–H and O–H groups in total. The lowest BCUT2D eigenvalue weighted by molar-refractivity contribution is 0.0914. The van der Waals surface area contributed by atoms with Gasteiger partial charge in [0.15, 0.2) is 0 Å². The predicted octanol–water partition coefficient (Wildman–Crippen LogP) is 3.40. The molecule has 0 bridgehead atoms. The summed E-state index contributed by atoms with van der Waals surface area (Å²) < 4.78 is 13.4. The standard InChI is InChI=1S/C13H14BrFN2O/c1-3-13(4-2,8-16)17-12(18)9-6-5-7-10(15)11(9)14/h5-7H,3-4H2,1-2H3,(H,17,18). The molecule has 3 nitrogen and oxygen atoms in total. The number of nitrogens with one attached hydrogen (secondary N) is 1. The summed E-state index contributed by atoms with van der Waals surface area (Å²) in [6.07, 6.45) is 0.997. The van der Waals surface area contributed by atoms with E-state index in [1.54, 1.807) is 0 Å². The Morgan fingerprint density at radius 2 is 2.11 bits per heavy atom. The molecule has 0 aliphatic rings. The molecular formula is C13H14BrFN2O. The Balaban J connectivity index is 3.03. The van der Waals surface area contributed by atoms with Crippen LogP contribution < -0.4 is 5.32 Å². The van der Waals surface area contributed by atoms with E-state index in [-0.39, 0.29) is 10.0 Å². The topological polar surface area (TPSA) is 52.9 Å². The van der Waals surface area contributed by atoms with Crippen molar-refractivity contribution in [3.05, 3.63) is 34.1 Å². The van der Waals surface area contributed by atoms with Crippen molar-refractivity contribution in [1.29, 1.82) is 5.26 Å². The molecule has 5 heteroatoms. The molecule has 0 aromatic heterocycles. The molecule has 96 valence electrons. The number of amides is 1. The lowest BCUT2D eigenvalue weighted by Crippen LogP contribution is -2.46. The van der Waals surface area contributed by atoms with E-state index in [0.717, 1.165) is 0 Å². The maximum absolute atomic E-state index is 13.3. The largest absolute Gasteiger partial charge is 0.334 e. The minimum atomic E-state index is -0.900. The maximum atomic E-state index is 13.3. The molecule has 1 rings (SSSR count). The minimum absolute atomic E-state index is 0.113. The molecule has 0 spiro atoms. The highest BCUT2D eigenvalue weighted by atomic mass is 79.9. The van der Waals surface area contributed by atoms with Crippen LogP contribution in [0.2, 0.25) is 0 Å². The lowest BCUT2D eigenvalue weighted by Gasteiger charge is -2.25. The highest BCUT2D eigenvalue weighted by Crippen LogP contribution is 2.22. The summed E-state index contributed by atoms with van der Waals surface area (Å²) in [6.45, 7) is 3.65. The van der Waals surface area contributed by atoms with Crippen LogP contribution in [0.3, 0.4) is 0 Å². The summed E-state index contributed by atoms with van der Waals surface area (Å²) in [6, 6.07) is 6.34. The number of nitriles is 1. The molecule has 0 atom stereocenters. The Bertz CT molecular complexity index is 492. The van der Waals surface area contributed by atoms with Crippen LogP contribution >= 0.6 is 15.9 Å². The molecule has 1 aromatic rings. The van der Waals surface area contributed by atoms with Gasteiger partial charge in [-0.3, -0.25) is 4.79 Å². The predicted molar refractivity (Wildman–Crippen MR) is 70.5 cm³/mol. The molecule has 0 aliphatic heterocycles. The molecule has 0 unspecified atom stereocenters. The first-order valence-corrected chi connectivity index (χ1v) is 6.46.